The van der Waals surface area contributed by atoms with Crippen molar-refractivity contribution in [3.63, 3.8) is 0 Å². The van der Waals surface area contributed by atoms with E-state index in [-0.39, 0.29) is 0 Å². The molecule has 14 heavy (non-hydrogen) atoms. The zero-order chi connectivity index (χ0) is 10.4. The minimum absolute atomic E-state index is 0.402. The zero-order valence-electron chi connectivity index (χ0n) is 8.27. The minimum atomic E-state index is -0.646. The Morgan fingerprint density at radius 2 is 2.00 bits per heavy atom. The van der Waals surface area contributed by atoms with E-state index >= 15 is 0 Å². The van der Waals surface area contributed by atoms with E-state index in [2.05, 4.69) is 0 Å². The highest BCUT2D eigenvalue weighted by Crippen LogP contribution is 2.17. The third-order valence-corrected chi connectivity index (χ3v) is 1.79. The standard InChI is InChI=1S/C11H13O3/c1-3-14-11(12)10(13-2)9-7-5-4-6-8-9/h3-8,10H,1-2H3/t10-/m1/s1. The van der Waals surface area contributed by atoms with Crippen LogP contribution in [-0.2, 0) is 14.3 Å². The molecule has 0 aliphatic heterocycles. The first kappa shape index (κ1) is 10.7. The van der Waals surface area contributed by atoms with Gasteiger partial charge in [0.05, 0.1) is 0 Å². The summed E-state index contributed by atoms with van der Waals surface area (Å²) in [5.41, 5.74) is 0.793. The highest BCUT2D eigenvalue weighted by molar-refractivity contribution is 5.76. The minimum Gasteiger partial charge on any atom is -0.457 e. The Morgan fingerprint density at radius 1 is 1.36 bits per heavy atom. The average molecular weight is 193 g/mol. The van der Waals surface area contributed by atoms with Crippen LogP contribution in [0.5, 0.6) is 0 Å². The van der Waals surface area contributed by atoms with E-state index in [0.29, 0.717) is 0 Å². The summed E-state index contributed by atoms with van der Waals surface area (Å²) in [7, 11) is 1.48. The Balaban J connectivity index is 2.77. The van der Waals surface area contributed by atoms with Crippen molar-refractivity contribution in [1.29, 1.82) is 0 Å². The molecule has 0 unspecified atom stereocenters. The molecule has 1 aromatic carbocycles. The number of carbonyl (C=O) groups is 1. The molecule has 75 valence electrons. The number of benzene rings is 1. The lowest BCUT2D eigenvalue weighted by atomic mass is 10.1. The smallest absolute Gasteiger partial charge is 0.340 e. The zero-order valence-corrected chi connectivity index (χ0v) is 8.27. The first-order valence-corrected chi connectivity index (χ1v) is 4.35. The summed E-state index contributed by atoms with van der Waals surface area (Å²) < 4.78 is 9.82. The molecular formula is C11H13O3. The van der Waals surface area contributed by atoms with Gasteiger partial charge in [-0.05, 0) is 12.5 Å². The normalized spacial score (nSPS) is 12.1. The second-order valence-electron chi connectivity index (χ2n) is 2.70. The van der Waals surface area contributed by atoms with Gasteiger partial charge in [0.1, 0.15) is 6.61 Å². The van der Waals surface area contributed by atoms with Gasteiger partial charge in [0, 0.05) is 7.11 Å². The SMILES string of the molecule is C[CH]OC(=O)[C@H](OC)c1ccccc1. The molecule has 1 atom stereocenters. The van der Waals surface area contributed by atoms with Crippen LogP contribution in [0.2, 0.25) is 0 Å². The van der Waals surface area contributed by atoms with Crippen molar-refractivity contribution < 1.29 is 14.3 Å². The van der Waals surface area contributed by atoms with Crippen LogP contribution in [0.1, 0.15) is 18.6 Å². The molecule has 1 rings (SSSR count). The molecule has 0 amide bonds. The van der Waals surface area contributed by atoms with Crippen LogP contribution >= 0.6 is 0 Å². The van der Waals surface area contributed by atoms with E-state index in [1.807, 2.05) is 30.3 Å². The van der Waals surface area contributed by atoms with Gasteiger partial charge in [-0.3, -0.25) is 0 Å². The first-order chi connectivity index (χ1) is 6.79. The van der Waals surface area contributed by atoms with E-state index in [1.165, 1.54) is 13.7 Å². The molecule has 3 heteroatoms. The topological polar surface area (TPSA) is 35.5 Å². The predicted molar refractivity (Wildman–Crippen MR) is 52.3 cm³/mol. The fourth-order valence-electron chi connectivity index (χ4n) is 1.17. The number of esters is 1. The van der Waals surface area contributed by atoms with Gasteiger partial charge in [-0.2, -0.15) is 0 Å². The molecule has 0 spiro atoms. The quantitative estimate of drug-likeness (QED) is 0.687. The predicted octanol–water partition coefficient (Wildman–Crippen LogP) is 2.10. The maximum atomic E-state index is 11.4. The Hall–Kier alpha value is -1.35. The van der Waals surface area contributed by atoms with Gasteiger partial charge >= 0.3 is 5.97 Å². The largest absolute Gasteiger partial charge is 0.457 e. The van der Waals surface area contributed by atoms with Gasteiger partial charge in [-0.15, -0.1) is 0 Å². The highest BCUT2D eigenvalue weighted by atomic mass is 16.6. The van der Waals surface area contributed by atoms with E-state index in [0.717, 1.165) is 5.56 Å². The molecule has 0 aromatic heterocycles. The van der Waals surface area contributed by atoms with Gasteiger partial charge in [0.25, 0.3) is 0 Å². The van der Waals surface area contributed by atoms with Crippen LogP contribution in [0.15, 0.2) is 30.3 Å². The van der Waals surface area contributed by atoms with Crippen LogP contribution in [-0.4, -0.2) is 13.1 Å². The van der Waals surface area contributed by atoms with Gasteiger partial charge in [0.2, 0.25) is 0 Å². The Kier molecular flexibility index (Phi) is 4.13. The molecule has 0 heterocycles. The van der Waals surface area contributed by atoms with Crippen LogP contribution in [0.3, 0.4) is 0 Å². The van der Waals surface area contributed by atoms with Crippen molar-refractivity contribution in [3.8, 4) is 0 Å². The van der Waals surface area contributed by atoms with Crippen molar-refractivity contribution in [2.24, 2.45) is 0 Å². The number of methoxy groups -OCH3 is 1. The van der Waals surface area contributed by atoms with Gasteiger partial charge in [-0.1, -0.05) is 30.3 Å². The molecule has 0 fully saturated rings. The van der Waals surface area contributed by atoms with E-state index in [4.69, 9.17) is 9.47 Å². The fraction of sp³-hybridized carbons (Fsp3) is 0.273. The number of carbonyl (C=O) groups excluding carboxylic acids is 1. The lowest BCUT2D eigenvalue weighted by Crippen LogP contribution is -2.16. The van der Waals surface area contributed by atoms with Gasteiger partial charge < -0.3 is 9.47 Å². The van der Waals surface area contributed by atoms with Crippen molar-refractivity contribution in [2.45, 2.75) is 13.0 Å². The summed E-state index contributed by atoms with van der Waals surface area (Å²) in [6.07, 6.45) is -0.646. The third kappa shape index (κ3) is 2.57. The molecule has 0 saturated carbocycles. The van der Waals surface area contributed by atoms with Gasteiger partial charge in [-0.25, -0.2) is 4.79 Å². The number of hydrogen-bond acceptors (Lipinski definition) is 3. The molecule has 0 N–H and O–H groups in total. The Bertz CT molecular complexity index is 282. The lowest BCUT2D eigenvalue weighted by Gasteiger charge is -2.13. The molecule has 3 nitrogen and oxygen atoms in total. The van der Waals surface area contributed by atoms with Crippen molar-refractivity contribution >= 4 is 5.97 Å². The van der Waals surface area contributed by atoms with E-state index < -0.39 is 12.1 Å². The maximum Gasteiger partial charge on any atom is 0.340 e. The monoisotopic (exact) mass is 193 g/mol. The summed E-state index contributed by atoms with van der Waals surface area (Å²) in [6, 6.07) is 9.23. The van der Waals surface area contributed by atoms with E-state index in [1.54, 1.807) is 6.92 Å². The van der Waals surface area contributed by atoms with Crippen LogP contribution in [0.4, 0.5) is 0 Å². The van der Waals surface area contributed by atoms with E-state index in [9.17, 15) is 4.79 Å². The Morgan fingerprint density at radius 3 is 2.50 bits per heavy atom. The molecule has 0 aliphatic carbocycles. The molecule has 0 aliphatic rings. The number of ether oxygens (including phenoxy) is 2. The number of hydrogen-bond donors (Lipinski definition) is 0. The average Bonchev–Trinajstić information content (AvgIpc) is 2.21. The first-order valence-electron chi connectivity index (χ1n) is 4.35. The highest BCUT2D eigenvalue weighted by Gasteiger charge is 2.20. The summed E-state index contributed by atoms with van der Waals surface area (Å²) in [4.78, 5) is 11.4. The Labute approximate surface area is 83.6 Å². The van der Waals surface area contributed by atoms with Crippen LogP contribution < -0.4 is 0 Å². The maximum absolute atomic E-state index is 11.4. The van der Waals surface area contributed by atoms with Crippen LogP contribution in [0.25, 0.3) is 0 Å². The molecule has 0 bridgehead atoms. The van der Waals surface area contributed by atoms with Crippen LogP contribution in [0, 0.1) is 6.61 Å². The second-order valence-corrected chi connectivity index (χ2v) is 2.70. The second kappa shape index (κ2) is 5.40. The molecule has 1 aromatic rings. The molecule has 0 saturated heterocycles. The summed E-state index contributed by atoms with van der Waals surface area (Å²) in [6.45, 7) is 2.99. The van der Waals surface area contributed by atoms with Crippen molar-refractivity contribution in [2.75, 3.05) is 7.11 Å². The molecular weight excluding hydrogens is 180 g/mol. The fourth-order valence-corrected chi connectivity index (χ4v) is 1.17. The third-order valence-electron chi connectivity index (χ3n) is 1.79. The summed E-state index contributed by atoms with van der Waals surface area (Å²) in [5.74, 6) is -0.402. The van der Waals surface area contributed by atoms with Crippen molar-refractivity contribution in [3.05, 3.63) is 42.5 Å². The number of rotatable bonds is 4. The summed E-state index contributed by atoms with van der Waals surface area (Å²) >= 11 is 0. The van der Waals surface area contributed by atoms with Gasteiger partial charge in [0.15, 0.2) is 6.10 Å². The molecule has 1 radical (unpaired) electrons. The van der Waals surface area contributed by atoms with Crippen molar-refractivity contribution in [1.82, 2.24) is 0 Å². The lowest BCUT2D eigenvalue weighted by molar-refractivity contribution is -0.152. The summed E-state index contributed by atoms with van der Waals surface area (Å²) in [5, 5.41) is 0.